The third kappa shape index (κ3) is 3.20. The molecule has 0 aromatic heterocycles. The molecular formula is C15H16N2O3. The van der Waals surface area contributed by atoms with Crippen LogP contribution in [0, 0.1) is 0 Å². The number of nitrogens with two attached hydrogens (primary N) is 1. The lowest BCUT2D eigenvalue weighted by Crippen LogP contribution is -2.30. The maximum atomic E-state index is 12.0. The van der Waals surface area contributed by atoms with E-state index in [1.54, 1.807) is 31.2 Å². The minimum Gasteiger partial charge on any atom is -0.506 e. The van der Waals surface area contributed by atoms with Gasteiger partial charge in [-0.3, -0.25) is 4.79 Å². The molecule has 20 heavy (non-hydrogen) atoms. The van der Waals surface area contributed by atoms with Crippen LogP contribution >= 0.6 is 0 Å². The molecule has 2 aromatic carbocycles. The lowest BCUT2D eigenvalue weighted by molar-refractivity contribution is -0.122. The summed E-state index contributed by atoms with van der Waals surface area (Å²) in [4.78, 5) is 12.0. The van der Waals surface area contributed by atoms with Crippen LogP contribution in [0.2, 0.25) is 0 Å². The van der Waals surface area contributed by atoms with Gasteiger partial charge in [0.1, 0.15) is 17.2 Å². The van der Waals surface area contributed by atoms with Crippen LogP contribution < -0.4 is 15.8 Å². The van der Waals surface area contributed by atoms with E-state index in [1.165, 1.54) is 6.07 Å². The number of rotatable bonds is 4. The average molecular weight is 272 g/mol. The highest BCUT2D eigenvalue weighted by molar-refractivity contribution is 5.94. The normalized spacial score (nSPS) is 11.7. The number of hydrogen-bond acceptors (Lipinski definition) is 4. The predicted molar refractivity (Wildman–Crippen MR) is 77.7 cm³/mol. The van der Waals surface area contributed by atoms with E-state index in [4.69, 9.17) is 10.5 Å². The van der Waals surface area contributed by atoms with Crippen LogP contribution in [0.1, 0.15) is 6.92 Å². The fourth-order valence-electron chi connectivity index (χ4n) is 1.64. The van der Waals surface area contributed by atoms with Crippen molar-refractivity contribution in [3.05, 3.63) is 48.5 Å². The predicted octanol–water partition coefficient (Wildman–Crippen LogP) is 2.38. The van der Waals surface area contributed by atoms with Crippen molar-refractivity contribution >= 4 is 17.3 Å². The summed E-state index contributed by atoms with van der Waals surface area (Å²) in [6, 6.07) is 13.7. The summed E-state index contributed by atoms with van der Waals surface area (Å²) < 4.78 is 5.46. The van der Waals surface area contributed by atoms with Crippen molar-refractivity contribution in [2.75, 3.05) is 11.1 Å². The second kappa shape index (κ2) is 5.97. The zero-order valence-corrected chi connectivity index (χ0v) is 11.0. The fourth-order valence-corrected chi connectivity index (χ4v) is 1.64. The fraction of sp³-hybridized carbons (Fsp3) is 0.133. The molecule has 2 aromatic rings. The number of nitrogen functional groups attached to an aromatic ring is 1. The second-order valence-corrected chi connectivity index (χ2v) is 4.30. The van der Waals surface area contributed by atoms with Crippen LogP contribution in [0.25, 0.3) is 0 Å². The van der Waals surface area contributed by atoms with Gasteiger partial charge in [0.25, 0.3) is 5.91 Å². The molecule has 1 unspecified atom stereocenters. The quantitative estimate of drug-likeness (QED) is 0.589. The highest BCUT2D eigenvalue weighted by atomic mass is 16.5. The zero-order valence-electron chi connectivity index (χ0n) is 11.0. The van der Waals surface area contributed by atoms with E-state index < -0.39 is 6.10 Å². The van der Waals surface area contributed by atoms with E-state index in [-0.39, 0.29) is 23.1 Å². The first-order valence-electron chi connectivity index (χ1n) is 6.18. The van der Waals surface area contributed by atoms with E-state index in [1.807, 2.05) is 18.2 Å². The Bertz CT molecular complexity index is 599. The minimum absolute atomic E-state index is 0.0711. The van der Waals surface area contributed by atoms with E-state index in [0.717, 1.165) is 0 Å². The topological polar surface area (TPSA) is 84.6 Å². The maximum absolute atomic E-state index is 12.0. The summed E-state index contributed by atoms with van der Waals surface area (Å²) in [7, 11) is 0. The lowest BCUT2D eigenvalue weighted by Gasteiger charge is -2.16. The Morgan fingerprint density at radius 3 is 2.60 bits per heavy atom. The molecule has 5 heteroatoms. The summed E-state index contributed by atoms with van der Waals surface area (Å²) in [5.41, 5.74) is 6.49. The molecule has 2 rings (SSSR count). The summed E-state index contributed by atoms with van der Waals surface area (Å²) in [6.45, 7) is 1.61. The molecule has 0 spiro atoms. The van der Waals surface area contributed by atoms with Gasteiger partial charge in [0, 0.05) is 5.69 Å². The molecule has 0 saturated heterocycles. The third-order valence-corrected chi connectivity index (χ3v) is 2.76. The van der Waals surface area contributed by atoms with E-state index in [2.05, 4.69) is 5.32 Å². The van der Waals surface area contributed by atoms with Gasteiger partial charge in [-0.25, -0.2) is 0 Å². The van der Waals surface area contributed by atoms with Crippen molar-refractivity contribution in [2.24, 2.45) is 0 Å². The third-order valence-electron chi connectivity index (χ3n) is 2.76. The highest BCUT2D eigenvalue weighted by Crippen LogP contribution is 2.30. The lowest BCUT2D eigenvalue weighted by atomic mass is 10.2. The monoisotopic (exact) mass is 272 g/mol. The Morgan fingerprint density at radius 2 is 1.90 bits per heavy atom. The molecule has 4 N–H and O–H groups in total. The van der Waals surface area contributed by atoms with Gasteiger partial charge in [0.05, 0.1) is 0 Å². The summed E-state index contributed by atoms with van der Waals surface area (Å²) in [5, 5.41) is 12.2. The largest absolute Gasteiger partial charge is 0.506 e. The molecule has 0 aliphatic rings. The number of phenols is 1. The molecule has 104 valence electrons. The molecule has 0 aliphatic heterocycles. The number of phenolic OH excluding ortho intramolecular Hbond substituents is 1. The SMILES string of the molecule is CC(Oc1cccc(O)c1N)C(=O)Nc1ccccc1. The van der Waals surface area contributed by atoms with Crippen LogP contribution in [0.3, 0.4) is 0 Å². The summed E-state index contributed by atoms with van der Waals surface area (Å²) in [6.07, 6.45) is -0.737. The van der Waals surface area contributed by atoms with Crippen molar-refractivity contribution in [2.45, 2.75) is 13.0 Å². The number of benzene rings is 2. The van der Waals surface area contributed by atoms with E-state index in [9.17, 15) is 9.90 Å². The number of anilines is 2. The first-order chi connectivity index (χ1) is 9.58. The average Bonchev–Trinajstić information content (AvgIpc) is 2.45. The Balaban J connectivity index is 2.03. The van der Waals surface area contributed by atoms with Gasteiger partial charge < -0.3 is 20.9 Å². The van der Waals surface area contributed by atoms with E-state index >= 15 is 0 Å². The number of ether oxygens (including phenoxy) is 1. The van der Waals surface area contributed by atoms with Crippen molar-refractivity contribution in [1.82, 2.24) is 0 Å². The summed E-state index contributed by atoms with van der Waals surface area (Å²) >= 11 is 0. The molecule has 0 aliphatic carbocycles. The zero-order chi connectivity index (χ0) is 14.5. The number of nitrogens with one attached hydrogen (secondary N) is 1. The van der Waals surface area contributed by atoms with Crippen molar-refractivity contribution in [3.8, 4) is 11.5 Å². The minimum atomic E-state index is -0.737. The first-order valence-corrected chi connectivity index (χ1v) is 6.18. The number of hydrogen-bond donors (Lipinski definition) is 3. The van der Waals surface area contributed by atoms with Gasteiger partial charge in [-0.15, -0.1) is 0 Å². The molecule has 0 heterocycles. The van der Waals surface area contributed by atoms with Crippen molar-refractivity contribution < 1.29 is 14.6 Å². The smallest absolute Gasteiger partial charge is 0.265 e. The first kappa shape index (κ1) is 13.7. The van der Waals surface area contributed by atoms with E-state index in [0.29, 0.717) is 5.69 Å². The number of carbonyl (C=O) groups excluding carboxylic acids is 1. The van der Waals surface area contributed by atoms with Gasteiger partial charge in [-0.1, -0.05) is 24.3 Å². The second-order valence-electron chi connectivity index (χ2n) is 4.30. The molecular weight excluding hydrogens is 256 g/mol. The molecule has 5 nitrogen and oxygen atoms in total. The number of amides is 1. The highest BCUT2D eigenvalue weighted by Gasteiger charge is 2.16. The van der Waals surface area contributed by atoms with Crippen LogP contribution in [-0.2, 0) is 4.79 Å². The van der Waals surface area contributed by atoms with Crippen LogP contribution in [0.15, 0.2) is 48.5 Å². The van der Waals surface area contributed by atoms with Gasteiger partial charge in [-0.05, 0) is 31.2 Å². The molecule has 1 amide bonds. The van der Waals surface area contributed by atoms with Crippen LogP contribution in [0.4, 0.5) is 11.4 Å². The number of para-hydroxylation sites is 2. The standard InChI is InChI=1S/C15H16N2O3/c1-10(15(19)17-11-6-3-2-4-7-11)20-13-9-5-8-12(18)14(13)16/h2-10,18H,16H2,1H3,(H,17,19). The molecule has 0 radical (unpaired) electrons. The van der Waals surface area contributed by atoms with Gasteiger partial charge >= 0.3 is 0 Å². The Morgan fingerprint density at radius 1 is 1.20 bits per heavy atom. The Kier molecular flexibility index (Phi) is 4.10. The Labute approximate surface area is 117 Å². The number of carbonyl (C=O) groups is 1. The molecule has 0 fully saturated rings. The van der Waals surface area contributed by atoms with Gasteiger partial charge in [0.15, 0.2) is 6.10 Å². The van der Waals surface area contributed by atoms with Crippen molar-refractivity contribution in [3.63, 3.8) is 0 Å². The van der Waals surface area contributed by atoms with Crippen LogP contribution in [-0.4, -0.2) is 17.1 Å². The van der Waals surface area contributed by atoms with Crippen LogP contribution in [0.5, 0.6) is 11.5 Å². The van der Waals surface area contributed by atoms with Gasteiger partial charge in [-0.2, -0.15) is 0 Å². The summed E-state index contributed by atoms with van der Waals surface area (Å²) in [5.74, 6) is -0.0853. The van der Waals surface area contributed by atoms with Crippen molar-refractivity contribution in [1.29, 1.82) is 0 Å². The molecule has 0 bridgehead atoms. The van der Waals surface area contributed by atoms with Gasteiger partial charge in [0.2, 0.25) is 0 Å². The maximum Gasteiger partial charge on any atom is 0.265 e. The molecule has 0 saturated carbocycles. The number of aromatic hydroxyl groups is 1. The molecule has 1 atom stereocenters. The Hall–Kier alpha value is -2.69.